The molecule has 2 aromatic rings. The van der Waals surface area contributed by atoms with Crippen molar-refractivity contribution in [2.24, 2.45) is 0 Å². The SMILES string of the molecule is Cc1ccc(NC(=O)C(=O)N[C@@H](C)c2ccccc2)cc1Cl. The molecule has 2 amide bonds. The fraction of sp³-hybridized carbons (Fsp3) is 0.176. The van der Waals surface area contributed by atoms with Crippen LogP contribution in [0, 0.1) is 6.92 Å². The Bertz CT molecular complexity index is 686. The average Bonchev–Trinajstić information content (AvgIpc) is 2.51. The molecule has 0 fully saturated rings. The van der Waals surface area contributed by atoms with Gasteiger partial charge in [0.2, 0.25) is 0 Å². The van der Waals surface area contributed by atoms with Crippen LogP contribution in [0.3, 0.4) is 0 Å². The lowest BCUT2D eigenvalue weighted by molar-refractivity contribution is -0.136. The number of carbonyl (C=O) groups excluding carboxylic acids is 2. The summed E-state index contributed by atoms with van der Waals surface area (Å²) in [5.74, 6) is -1.41. The lowest BCUT2D eigenvalue weighted by Crippen LogP contribution is -2.36. The summed E-state index contributed by atoms with van der Waals surface area (Å²) in [6, 6.07) is 14.3. The van der Waals surface area contributed by atoms with Crippen molar-refractivity contribution in [3.05, 3.63) is 64.7 Å². The van der Waals surface area contributed by atoms with Crippen molar-refractivity contribution in [2.45, 2.75) is 19.9 Å². The van der Waals surface area contributed by atoms with Gasteiger partial charge in [-0.2, -0.15) is 0 Å². The van der Waals surface area contributed by atoms with E-state index >= 15 is 0 Å². The molecular formula is C17H17ClN2O2. The third-order valence-electron chi connectivity index (χ3n) is 3.28. The van der Waals surface area contributed by atoms with E-state index in [1.165, 1.54) is 0 Å². The van der Waals surface area contributed by atoms with Crippen molar-refractivity contribution in [1.29, 1.82) is 0 Å². The van der Waals surface area contributed by atoms with E-state index in [4.69, 9.17) is 11.6 Å². The fourth-order valence-corrected chi connectivity index (χ4v) is 2.13. The van der Waals surface area contributed by atoms with Crippen molar-refractivity contribution in [1.82, 2.24) is 5.32 Å². The molecule has 2 N–H and O–H groups in total. The van der Waals surface area contributed by atoms with Crippen LogP contribution in [-0.2, 0) is 9.59 Å². The second-order valence-electron chi connectivity index (χ2n) is 5.02. The molecule has 22 heavy (non-hydrogen) atoms. The molecular weight excluding hydrogens is 300 g/mol. The topological polar surface area (TPSA) is 58.2 Å². The first-order valence-corrected chi connectivity index (χ1v) is 7.28. The number of nitrogens with one attached hydrogen (secondary N) is 2. The average molecular weight is 317 g/mol. The van der Waals surface area contributed by atoms with Crippen molar-refractivity contribution >= 4 is 29.1 Å². The first-order chi connectivity index (χ1) is 10.5. The van der Waals surface area contributed by atoms with Gasteiger partial charge in [0.1, 0.15) is 0 Å². The van der Waals surface area contributed by atoms with Gasteiger partial charge >= 0.3 is 11.8 Å². The fourth-order valence-electron chi connectivity index (χ4n) is 1.95. The molecule has 0 heterocycles. The van der Waals surface area contributed by atoms with E-state index in [9.17, 15) is 9.59 Å². The van der Waals surface area contributed by atoms with Crippen LogP contribution in [0.5, 0.6) is 0 Å². The summed E-state index contributed by atoms with van der Waals surface area (Å²) in [5.41, 5.74) is 2.33. The van der Waals surface area contributed by atoms with Crippen molar-refractivity contribution in [2.75, 3.05) is 5.32 Å². The van der Waals surface area contributed by atoms with Gasteiger partial charge in [-0.15, -0.1) is 0 Å². The van der Waals surface area contributed by atoms with Gasteiger partial charge in [0, 0.05) is 10.7 Å². The predicted octanol–water partition coefficient (Wildman–Crippen LogP) is 3.46. The van der Waals surface area contributed by atoms with E-state index in [0.717, 1.165) is 11.1 Å². The molecule has 0 aliphatic carbocycles. The van der Waals surface area contributed by atoms with Gasteiger partial charge in [0.25, 0.3) is 0 Å². The van der Waals surface area contributed by atoms with E-state index in [0.29, 0.717) is 10.7 Å². The lowest BCUT2D eigenvalue weighted by Gasteiger charge is -2.14. The highest BCUT2D eigenvalue weighted by molar-refractivity contribution is 6.40. The zero-order valence-electron chi connectivity index (χ0n) is 12.4. The van der Waals surface area contributed by atoms with Crippen LogP contribution in [0.2, 0.25) is 5.02 Å². The van der Waals surface area contributed by atoms with E-state index in [1.807, 2.05) is 44.2 Å². The molecule has 0 aliphatic heterocycles. The molecule has 2 rings (SSSR count). The maximum atomic E-state index is 11.9. The van der Waals surface area contributed by atoms with Crippen molar-refractivity contribution in [3.63, 3.8) is 0 Å². The maximum absolute atomic E-state index is 11.9. The number of anilines is 1. The van der Waals surface area contributed by atoms with Gasteiger partial charge in [-0.05, 0) is 37.1 Å². The Morgan fingerprint density at radius 1 is 1.05 bits per heavy atom. The summed E-state index contributed by atoms with van der Waals surface area (Å²) in [6.07, 6.45) is 0. The van der Waals surface area contributed by atoms with Crippen LogP contribution in [0.25, 0.3) is 0 Å². The highest BCUT2D eigenvalue weighted by atomic mass is 35.5. The predicted molar refractivity (Wildman–Crippen MR) is 87.8 cm³/mol. The number of hydrogen-bond acceptors (Lipinski definition) is 2. The Labute approximate surface area is 134 Å². The Kier molecular flexibility index (Phi) is 5.17. The number of halogens is 1. The van der Waals surface area contributed by atoms with Gasteiger partial charge in [-0.3, -0.25) is 9.59 Å². The van der Waals surface area contributed by atoms with Crippen LogP contribution in [0.1, 0.15) is 24.1 Å². The van der Waals surface area contributed by atoms with Crippen LogP contribution in [0.15, 0.2) is 48.5 Å². The summed E-state index contributed by atoms with van der Waals surface area (Å²) < 4.78 is 0. The monoisotopic (exact) mass is 316 g/mol. The minimum atomic E-state index is -0.720. The summed E-state index contributed by atoms with van der Waals surface area (Å²) in [5, 5.41) is 5.73. The Morgan fingerprint density at radius 2 is 1.73 bits per heavy atom. The molecule has 114 valence electrons. The first-order valence-electron chi connectivity index (χ1n) is 6.90. The van der Waals surface area contributed by atoms with E-state index < -0.39 is 11.8 Å². The normalized spacial score (nSPS) is 11.6. The Balaban J connectivity index is 1.97. The molecule has 0 aromatic heterocycles. The van der Waals surface area contributed by atoms with E-state index in [-0.39, 0.29) is 6.04 Å². The number of aryl methyl sites for hydroxylation is 1. The number of amides is 2. The quantitative estimate of drug-likeness (QED) is 0.852. The molecule has 0 unspecified atom stereocenters. The zero-order chi connectivity index (χ0) is 16.1. The summed E-state index contributed by atoms with van der Waals surface area (Å²) in [4.78, 5) is 23.8. The molecule has 0 bridgehead atoms. The molecule has 0 saturated carbocycles. The minimum absolute atomic E-state index is 0.249. The smallest absolute Gasteiger partial charge is 0.313 e. The summed E-state index contributed by atoms with van der Waals surface area (Å²) in [7, 11) is 0. The summed E-state index contributed by atoms with van der Waals surface area (Å²) >= 11 is 5.99. The van der Waals surface area contributed by atoms with E-state index in [1.54, 1.807) is 18.2 Å². The van der Waals surface area contributed by atoms with Gasteiger partial charge in [-0.25, -0.2) is 0 Å². The third-order valence-corrected chi connectivity index (χ3v) is 3.69. The van der Waals surface area contributed by atoms with Crippen molar-refractivity contribution < 1.29 is 9.59 Å². The molecule has 0 aliphatic rings. The molecule has 0 radical (unpaired) electrons. The van der Waals surface area contributed by atoms with Crippen LogP contribution < -0.4 is 10.6 Å². The zero-order valence-corrected chi connectivity index (χ0v) is 13.1. The number of benzene rings is 2. The van der Waals surface area contributed by atoms with Gasteiger partial charge in [0.15, 0.2) is 0 Å². The second kappa shape index (κ2) is 7.09. The molecule has 0 saturated heterocycles. The molecule has 1 atom stereocenters. The molecule has 2 aromatic carbocycles. The number of carbonyl (C=O) groups is 2. The highest BCUT2D eigenvalue weighted by Crippen LogP contribution is 2.20. The second-order valence-corrected chi connectivity index (χ2v) is 5.43. The highest BCUT2D eigenvalue weighted by Gasteiger charge is 2.17. The van der Waals surface area contributed by atoms with Crippen LogP contribution in [-0.4, -0.2) is 11.8 Å². The Hall–Kier alpha value is -2.33. The number of hydrogen-bond donors (Lipinski definition) is 2. The summed E-state index contributed by atoms with van der Waals surface area (Å²) in [6.45, 7) is 3.69. The van der Waals surface area contributed by atoms with Crippen LogP contribution in [0.4, 0.5) is 5.69 Å². The van der Waals surface area contributed by atoms with Gasteiger partial charge in [-0.1, -0.05) is 48.0 Å². The largest absolute Gasteiger partial charge is 0.341 e. The molecule has 4 nitrogen and oxygen atoms in total. The Morgan fingerprint density at radius 3 is 2.36 bits per heavy atom. The van der Waals surface area contributed by atoms with Crippen molar-refractivity contribution in [3.8, 4) is 0 Å². The molecule has 5 heteroatoms. The van der Waals surface area contributed by atoms with E-state index in [2.05, 4.69) is 10.6 Å². The first kappa shape index (κ1) is 16.0. The number of rotatable bonds is 3. The van der Waals surface area contributed by atoms with Crippen LogP contribution >= 0.6 is 11.6 Å². The maximum Gasteiger partial charge on any atom is 0.313 e. The standard InChI is InChI=1S/C17H17ClN2O2/c1-11-8-9-14(10-15(11)18)20-17(22)16(21)19-12(2)13-6-4-3-5-7-13/h3-10,12H,1-2H3,(H,19,21)(H,20,22)/t12-/m0/s1. The molecule has 0 spiro atoms. The third kappa shape index (κ3) is 4.09. The lowest BCUT2D eigenvalue weighted by atomic mass is 10.1. The van der Waals surface area contributed by atoms with Gasteiger partial charge < -0.3 is 10.6 Å². The minimum Gasteiger partial charge on any atom is -0.341 e. The van der Waals surface area contributed by atoms with Gasteiger partial charge in [0.05, 0.1) is 6.04 Å².